The van der Waals surface area contributed by atoms with Gasteiger partial charge in [-0.2, -0.15) is 5.16 Å². The van der Waals surface area contributed by atoms with Gasteiger partial charge in [0.1, 0.15) is 5.76 Å². The molecule has 0 aliphatic heterocycles. The molecule has 1 heterocycles. The van der Waals surface area contributed by atoms with Gasteiger partial charge < -0.3 is 4.52 Å². The van der Waals surface area contributed by atoms with Crippen molar-refractivity contribution in [2.24, 2.45) is 0 Å². The van der Waals surface area contributed by atoms with Crippen molar-refractivity contribution >= 4 is 11.6 Å². The van der Waals surface area contributed by atoms with Crippen LogP contribution < -0.4 is 5.56 Å². The number of nitrogens with one attached hydrogen (secondary N) is 1. The Balaban J connectivity index is 2.72. The molecule has 1 aromatic heterocycles. The third-order valence-corrected chi connectivity index (χ3v) is 2.35. The molecule has 0 spiro atoms. The lowest BCUT2D eigenvalue weighted by Crippen LogP contribution is -2.01. The molecule has 0 radical (unpaired) electrons. The number of aromatic nitrogens is 1. The van der Waals surface area contributed by atoms with Gasteiger partial charge in [0.05, 0.1) is 5.56 Å². The molecule has 1 N–H and O–H groups in total. The summed E-state index contributed by atoms with van der Waals surface area (Å²) >= 11 is 5.97. The van der Waals surface area contributed by atoms with Crippen LogP contribution in [0.3, 0.4) is 0 Å². The van der Waals surface area contributed by atoms with Gasteiger partial charge in [-0.1, -0.05) is 29.8 Å². The minimum atomic E-state index is -0.254. The van der Waals surface area contributed by atoms with Crippen LogP contribution >= 0.6 is 11.6 Å². The number of H-pyrrole nitrogens is 1. The van der Waals surface area contributed by atoms with Crippen molar-refractivity contribution in [2.45, 2.75) is 6.92 Å². The fourth-order valence-corrected chi connectivity index (χ4v) is 1.59. The van der Waals surface area contributed by atoms with Gasteiger partial charge in [0.15, 0.2) is 0 Å². The van der Waals surface area contributed by atoms with Crippen molar-refractivity contribution in [1.29, 1.82) is 0 Å². The third-order valence-electron chi connectivity index (χ3n) is 2.02. The standard InChI is InChI=1S/C10H8ClNO2/c1-6-9(10(13)12-14-6)7-4-2-3-5-8(7)11/h2-5H,1H3,(H,12,13). The maximum Gasteiger partial charge on any atom is 0.288 e. The third kappa shape index (κ3) is 1.36. The van der Waals surface area contributed by atoms with E-state index < -0.39 is 0 Å². The van der Waals surface area contributed by atoms with Gasteiger partial charge in [-0.15, -0.1) is 0 Å². The predicted octanol–water partition coefficient (Wildman–Crippen LogP) is 2.60. The molecule has 0 unspecified atom stereocenters. The molecule has 0 atom stereocenters. The van der Waals surface area contributed by atoms with E-state index in [4.69, 9.17) is 16.1 Å². The summed E-state index contributed by atoms with van der Waals surface area (Å²) in [5, 5.41) is 2.82. The molecule has 2 aromatic rings. The molecule has 0 saturated carbocycles. The second-order valence-electron chi connectivity index (χ2n) is 2.94. The lowest BCUT2D eigenvalue weighted by atomic mass is 10.1. The average molecular weight is 210 g/mol. The lowest BCUT2D eigenvalue weighted by Gasteiger charge is -1.99. The number of benzene rings is 1. The van der Waals surface area contributed by atoms with Gasteiger partial charge in [0.25, 0.3) is 5.56 Å². The highest BCUT2D eigenvalue weighted by atomic mass is 35.5. The first-order chi connectivity index (χ1) is 6.70. The molecule has 0 fully saturated rings. The molecule has 2 rings (SSSR count). The summed E-state index contributed by atoms with van der Waals surface area (Å²) in [4.78, 5) is 11.4. The second kappa shape index (κ2) is 3.35. The fraction of sp³-hybridized carbons (Fsp3) is 0.100. The van der Waals surface area contributed by atoms with Crippen LogP contribution in [0.25, 0.3) is 11.1 Å². The van der Waals surface area contributed by atoms with Crippen molar-refractivity contribution < 1.29 is 4.52 Å². The van der Waals surface area contributed by atoms with Crippen LogP contribution in [0.2, 0.25) is 5.02 Å². The lowest BCUT2D eigenvalue weighted by molar-refractivity contribution is 0.392. The zero-order valence-corrected chi connectivity index (χ0v) is 8.26. The first-order valence-corrected chi connectivity index (χ1v) is 4.51. The van der Waals surface area contributed by atoms with E-state index >= 15 is 0 Å². The van der Waals surface area contributed by atoms with Gasteiger partial charge >= 0.3 is 0 Å². The van der Waals surface area contributed by atoms with Gasteiger partial charge in [-0.05, 0) is 13.0 Å². The quantitative estimate of drug-likeness (QED) is 0.785. The summed E-state index contributed by atoms with van der Waals surface area (Å²) in [7, 11) is 0. The average Bonchev–Trinajstić information content (AvgIpc) is 2.48. The van der Waals surface area contributed by atoms with E-state index in [9.17, 15) is 4.79 Å². The van der Waals surface area contributed by atoms with Gasteiger partial charge in [0, 0.05) is 10.6 Å². The molecule has 0 aliphatic carbocycles. The number of hydrogen-bond acceptors (Lipinski definition) is 2. The predicted molar refractivity (Wildman–Crippen MR) is 54.5 cm³/mol. The van der Waals surface area contributed by atoms with Crippen LogP contribution in [0.4, 0.5) is 0 Å². The van der Waals surface area contributed by atoms with Crippen LogP contribution in [0.1, 0.15) is 5.76 Å². The van der Waals surface area contributed by atoms with E-state index in [-0.39, 0.29) is 5.56 Å². The largest absolute Gasteiger partial charge is 0.383 e. The Morgan fingerprint density at radius 3 is 2.64 bits per heavy atom. The highest BCUT2D eigenvalue weighted by Crippen LogP contribution is 2.26. The number of halogens is 1. The van der Waals surface area contributed by atoms with E-state index in [0.717, 1.165) is 0 Å². The molecule has 0 aliphatic rings. The molecule has 14 heavy (non-hydrogen) atoms. The topological polar surface area (TPSA) is 46.0 Å². The zero-order valence-electron chi connectivity index (χ0n) is 7.50. The first-order valence-electron chi connectivity index (χ1n) is 4.13. The molecule has 0 saturated heterocycles. The van der Waals surface area contributed by atoms with Gasteiger partial charge in [-0.25, -0.2) is 0 Å². The highest BCUT2D eigenvalue weighted by Gasteiger charge is 2.13. The number of rotatable bonds is 1. The van der Waals surface area contributed by atoms with Crippen LogP contribution in [-0.4, -0.2) is 5.16 Å². The molecule has 72 valence electrons. The summed E-state index contributed by atoms with van der Waals surface area (Å²) in [6, 6.07) is 7.17. The Morgan fingerprint density at radius 2 is 2.07 bits per heavy atom. The van der Waals surface area contributed by atoms with Crippen LogP contribution in [0.15, 0.2) is 33.6 Å². The Bertz CT molecular complexity index is 513. The molecule has 3 nitrogen and oxygen atoms in total. The molecule has 4 heteroatoms. The Hall–Kier alpha value is -1.48. The normalized spacial score (nSPS) is 10.4. The van der Waals surface area contributed by atoms with Gasteiger partial charge in [0.2, 0.25) is 0 Å². The minimum Gasteiger partial charge on any atom is -0.383 e. The number of aromatic amines is 1. The molecule has 1 aromatic carbocycles. The van der Waals surface area contributed by atoms with Crippen LogP contribution in [0.5, 0.6) is 0 Å². The van der Waals surface area contributed by atoms with E-state index in [2.05, 4.69) is 5.16 Å². The first kappa shape index (κ1) is 9.09. The summed E-state index contributed by atoms with van der Waals surface area (Å²) in [5.74, 6) is 0.545. The molecular formula is C10H8ClNO2. The second-order valence-corrected chi connectivity index (χ2v) is 3.35. The summed E-state index contributed by atoms with van der Waals surface area (Å²) in [5.41, 5.74) is 0.938. The number of aryl methyl sites for hydroxylation is 1. The monoisotopic (exact) mass is 209 g/mol. The van der Waals surface area contributed by atoms with Crippen molar-refractivity contribution in [3.63, 3.8) is 0 Å². The molecular weight excluding hydrogens is 202 g/mol. The molecule has 0 bridgehead atoms. The fourth-order valence-electron chi connectivity index (χ4n) is 1.36. The summed E-state index contributed by atoms with van der Waals surface area (Å²) in [6.07, 6.45) is 0. The Morgan fingerprint density at radius 1 is 1.36 bits per heavy atom. The van der Waals surface area contributed by atoms with Crippen LogP contribution in [0, 0.1) is 6.92 Å². The van der Waals surface area contributed by atoms with Crippen molar-refractivity contribution in [2.75, 3.05) is 0 Å². The Labute approximate surface area is 85.3 Å². The van der Waals surface area contributed by atoms with E-state index in [1.165, 1.54) is 0 Å². The van der Waals surface area contributed by atoms with Crippen molar-refractivity contribution in [3.8, 4) is 11.1 Å². The van der Waals surface area contributed by atoms with Crippen molar-refractivity contribution in [1.82, 2.24) is 5.16 Å². The van der Waals surface area contributed by atoms with E-state index in [1.807, 2.05) is 12.1 Å². The summed E-state index contributed by atoms with van der Waals surface area (Å²) in [6.45, 7) is 1.72. The zero-order chi connectivity index (χ0) is 10.1. The minimum absolute atomic E-state index is 0.254. The van der Waals surface area contributed by atoms with E-state index in [0.29, 0.717) is 21.9 Å². The molecule has 0 amide bonds. The maximum atomic E-state index is 11.4. The van der Waals surface area contributed by atoms with Gasteiger partial charge in [-0.3, -0.25) is 4.79 Å². The SMILES string of the molecule is Cc1o[nH]c(=O)c1-c1ccccc1Cl. The maximum absolute atomic E-state index is 11.4. The number of hydrogen-bond donors (Lipinski definition) is 1. The Kier molecular flexibility index (Phi) is 2.17. The summed E-state index contributed by atoms with van der Waals surface area (Å²) < 4.78 is 4.91. The smallest absolute Gasteiger partial charge is 0.288 e. The van der Waals surface area contributed by atoms with Crippen molar-refractivity contribution in [3.05, 3.63) is 45.4 Å². The van der Waals surface area contributed by atoms with E-state index in [1.54, 1.807) is 19.1 Å². The van der Waals surface area contributed by atoms with Crippen LogP contribution in [-0.2, 0) is 0 Å². The highest BCUT2D eigenvalue weighted by molar-refractivity contribution is 6.33.